The Kier molecular flexibility index (Phi) is 3.84. The van der Waals surface area contributed by atoms with E-state index in [1.165, 1.54) is 6.20 Å². The molecular weight excluding hydrogens is 408 g/mol. The maximum absolute atomic E-state index is 13.2. The molecule has 32 heavy (non-hydrogen) atoms. The first-order chi connectivity index (χ1) is 15.3. The quantitative estimate of drug-likeness (QED) is 0.650. The third kappa shape index (κ3) is 2.91. The van der Waals surface area contributed by atoms with Crippen LogP contribution in [0.15, 0.2) is 36.8 Å². The minimum Gasteiger partial charge on any atom is -0.487 e. The molecule has 0 unspecified atom stereocenters. The van der Waals surface area contributed by atoms with Crippen molar-refractivity contribution in [2.24, 2.45) is 23.5 Å². The fraction of sp³-hybridized carbons (Fsp3) is 0.391. The number of amides is 2. The number of ether oxygens (including phenoxy) is 1. The van der Waals surface area contributed by atoms with Crippen LogP contribution in [-0.2, 0) is 11.2 Å². The van der Waals surface area contributed by atoms with Crippen molar-refractivity contribution in [1.82, 2.24) is 14.6 Å². The maximum Gasteiger partial charge on any atom is 0.261 e. The number of nitrogens with zero attached hydrogens (tertiary/aromatic N) is 4. The molecule has 0 spiro atoms. The number of nitrogens with one attached hydrogen (secondary N) is 1. The SMILES string of the molecule is CC1(C)Cc2cc(NC(=O)c3cnn4cccnc34)c(N3C[C@@H]4[C@H](C3)[C@H]4C(N)=O)cc2O1. The second kappa shape index (κ2) is 6.44. The molecule has 6 rings (SSSR count). The van der Waals surface area contributed by atoms with E-state index in [1.54, 1.807) is 23.0 Å². The van der Waals surface area contributed by atoms with E-state index >= 15 is 0 Å². The number of aromatic nitrogens is 3. The Morgan fingerprint density at radius 2 is 2.03 bits per heavy atom. The summed E-state index contributed by atoms with van der Waals surface area (Å²) in [4.78, 5) is 31.3. The van der Waals surface area contributed by atoms with Crippen molar-refractivity contribution < 1.29 is 14.3 Å². The Labute approximate surface area is 184 Å². The third-order valence-electron chi connectivity index (χ3n) is 6.82. The van der Waals surface area contributed by atoms with Crippen LogP contribution < -0.4 is 20.7 Å². The number of rotatable bonds is 4. The van der Waals surface area contributed by atoms with E-state index in [-0.39, 0.29) is 35.2 Å². The van der Waals surface area contributed by atoms with Gasteiger partial charge in [0.1, 0.15) is 16.9 Å². The van der Waals surface area contributed by atoms with Crippen molar-refractivity contribution in [3.8, 4) is 5.75 Å². The normalized spacial score (nSPS) is 24.7. The van der Waals surface area contributed by atoms with Gasteiger partial charge in [0, 0.05) is 49.5 Å². The second-order valence-electron chi connectivity index (χ2n) is 9.58. The van der Waals surface area contributed by atoms with Crippen LogP contribution in [0.3, 0.4) is 0 Å². The average molecular weight is 432 g/mol. The van der Waals surface area contributed by atoms with E-state index in [4.69, 9.17) is 10.5 Å². The van der Waals surface area contributed by atoms with Crippen LogP contribution in [0.25, 0.3) is 5.65 Å². The molecule has 4 heterocycles. The van der Waals surface area contributed by atoms with Crippen molar-refractivity contribution in [3.05, 3.63) is 47.9 Å². The number of primary amides is 1. The molecule has 0 radical (unpaired) electrons. The maximum atomic E-state index is 13.2. The predicted octanol–water partition coefficient (Wildman–Crippen LogP) is 1.86. The molecule has 3 atom stereocenters. The molecule has 9 nitrogen and oxygen atoms in total. The van der Waals surface area contributed by atoms with E-state index < -0.39 is 0 Å². The van der Waals surface area contributed by atoms with Crippen LogP contribution in [0.1, 0.15) is 29.8 Å². The van der Waals surface area contributed by atoms with Gasteiger partial charge in [-0.05, 0) is 37.8 Å². The molecule has 2 fully saturated rings. The lowest BCUT2D eigenvalue weighted by Crippen LogP contribution is -2.29. The molecule has 1 aromatic carbocycles. The summed E-state index contributed by atoms with van der Waals surface area (Å²) in [5, 5.41) is 7.30. The van der Waals surface area contributed by atoms with Gasteiger partial charge >= 0.3 is 0 Å². The number of nitrogens with two attached hydrogens (primary N) is 1. The summed E-state index contributed by atoms with van der Waals surface area (Å²) in [6.45, 7) is 5.58. The highest BCUT2D eigenvalue weighted by atomic mass is 16.5. The highest BCUT2D eigenvalue weighted by Gasteiger charge is 2.59. The summed E-state index contributed by atoms with van der Waals surface area (Å²) in [7, 11) is 0. The number of benzene rings is 1. The van der Waals surface area contributed by atoms with Gasteiger partial charge in [0.15, 0.2) is 5.65 Å². The largest absolute Gasteiger partial charge is 0.487 e. The lowest BCUT2D eigenvalue weighted by Gasteiger charge is -2.25. The Balaban J connectivity index is 1.34. The van der Waals surface area contributed by atoms with E-state index in [9.17, 15) is 9.59 Å². The minimum absolute atomic E-state index is 0.0289. The number of fused-ring (bicyclic) bond motifs is 3. The standard InChI is InChI=1S/C23H24N6O3/c1-23(2)8-12-6-16(27-22(31)13-9-26-29-5-3-4-25-21(13)29)17(7-18(12)32-23)28-10-14-15(11-28)19(14)20(24)30/h3-7,9,14-15,19H,8,10-11H2,1-2H3,(H2,24,30)(H,27,31)/t14-,15+,19+. The number of hydrogen-bond acceptors (Lipinski definition) is 6. The molecule has 9 heteroatoms. The number of piperidine rings is 1. The van der Waals surface area contributed by atoms with Crippen molar-refractivity contribution in [1.29, 1.82) is 0 Å². The predicted molar refractivity (Wildman–Crippen MR) is 118 cm³/mol. The topological polar surface area (TPSA) is 115 Å². The molecule has 2 amide bonds. The molecule has 1 saturated carbocycles. The zero-order valence-corrected chi connectivity index (χ0v) is 17.9. The van der Waals surface area contributed by atoms with Gasteiger partial charge < -0.3 is 20.7 Å². The van der Waals surface area contributed by atoms with E-state index in [0.29, 0.717) is 11.2 Å². The molecule has 3 aromatic rings. The highest BCUT2D eigenvalue weighted by Crippen LogP contribution is 2.54. The number of anilines is 2. The van der Waals surface area contributed by atoms with Gasteiger partial charge in [-0.3, -0.25) is 9.59 Å². The number of carbonyl (C=O) groups is 2. The van der Waals surface area contributed by atoms with Crippen LogP contribution in [-0.4, -0.2) is 45.1 Å². The Morgan fingerprint density at radius 1 is 1.25 bits per heavy atom. The fourth-order valence-corrected chi connectivity index (χ4v) is 5.32. The van der Waals surface area contributed by atoms with Gasteiger partial charge in [-0.25, -0.2) is 9.50 Å². The van der Waals surface area contributed by atoms with Gasteiger partial charge in [-0.1, -0.05) is 0 Å². The molecule has 3 N–H and O–H groups in total. The van der Waals surface area contributed by atoms with E-state index in [1.807, 2.05) is 12.1 Å². The lowest BCUT2D eigenvalue weighted by molar-refractivity contribution is -0.119. The van der Waals surface area contributed by atoms with Gasteiger partial charge in [-0.2, -0.15) is 5.10 Å². The van der Waals surface area contributed by atoms with Gasteiger partial charge in [0.2, 0.25) is 5.91 Å². The minimum atomic E-state index is -0.293. The molecule has 1 aliphatic carbocycles. The number of carbonyl (C=O) groups excluding carboxylic acids is 2. The lowest BCUT2D eigenvalue weighted by atomic mass is 10.0. The van der Waals surface area contributed by atoms with Crippen LogP contribution >= 0.6 is 0 Å². The molecular formula is C23H24N6O3. The van der Waals surface area contributed by atoms with Crippen molar-refractivity contribution >= 4 is 28.8 Å². The molecule has 2 aliphatic heterocycles. The molecule has 2 aromatic heterocycles. The van der Waals surface area contributed by atoms with Gasteiger partial charge in [-0.15, -0.1) is 0 Å². The first-order valence-electron chi connectivity index (χ1n) is 10.8. The summed E-state index contributed by atoms with van der Waals surface area (Å²) in [6, 6.07) is 5.78. The summed E-state index contributed by atoms with van der Waals surface area (Å²) in [5.41, 5.74) is 8.83. The monoisotopic (exact) mass is 432 g/mol. The Hall–Kier alpha value is -3.62. The highest BCUT2D eigenvalue weighted by molar-refractivity contribution is 6.09. The zero-order chi connectivity index (χ0) is 22.2. The zero-order valence-electron chi connectivity index (χ0n) is 17.9. The van der Waals surface area contributed by atoms with Crippen LogP contribution in [0.4, 0.5) is 11.4 Å². The van der Waals surface area contributed by atoms with Gasteiger partial charge in [0.05, 0.1) is 17.6 Å². The first-order valence-corrected chi connectivity index (χ1v) is 10.8. The smallest absolute Gasteiger partial charge is 0.261 e. The third-order valence-corrected chi connectivity index (χ3v) is 6.82. The van der Waals surface area contributed by atoms with Crippen molar-refractivity contribution in [2.45, 2.75) is 25.9 Å². The summed E-state index contributed by atoms with van der Waals surface area (Å²) < 4.78 is 7.72. The Bertz CT molecular complexity index is 1270. The van der Waals surface area contributed by atoms with Crippen LogP contribution in [0.2, 0.25) is 0 Å². The second-order valence-corrected chi connectivity index (χ2v) is 9.58. The molecule has 0 bridgehead atoms. The summed E-state index contributed by atoms with van der Waals surface area (Å²) in [5.74, 6) is 0.896. The van der Waals surface area contributed by atoms with Crippen molar-refractivity contribution in [3.63, 3.8) is 0 Å². The summed E-state index contributed by atoms with van der Waals surface area (Å²) in [6.07, 6.45) is 5.68. The van der Waals surface area contributed by atoms with E-state index in [2.05, 4.69) is 34.1 Å². The molecule has 164 valence electrons. The van der Waals surface area contributed by atoms with Gasteiger partial charge in [0.25, 0.3) is 5.91 Å². The average Bonchev–Trinajstić information content (AvgIpc) is 3.07. The van der Waals surface area contributed by atoms with Crippen LogP contribution in [0, 0.1) is 17.8 Å². The fourth-order valence-electron chi connectivity index (χ4n) is 5.32. The summed E-state index contributed by atoms with van der Waals surface area (Å²) >= 11 is 0. The van der Waals surface area contributed by atoms with Crippen molar-refractivity contribution in [2.75, 3.05) is 23.3 Å². The number of hydrogen-bond donors (Lipinski definition) is 2. The molecule has 1 saturated heterocycles. The first kappa shape index (κ1) is 19.1. The molecule has 3 aliphatic rings. The van der Waals surface area contributed by atoms with E-state index in [0.717, 1.165) is 42.2 Å². The van der Waals surface area contributed by atoms with Crippen LogP contribution in [0.5, 0.6) is 5.75 Å². The Morgan fingerprint density at radius 3 is 2.78 bits per heavy atom.